The van der Waals surface area contributed by atoms with E-state index in [1.165, 1.54) is 4.90 Å². The van der Waals surface area contributed by atoms with Crippen LogP contribution in [0.1, 0.15) is 5.56 Å². The van der Waals surface area contributed by atoms with Gasteiger partial charge in [-0.3, -0.25) is 20.3 Å². The monoisotopic (exact) mass is 247 g/mol. The van der Waals surface area contributed by atoms with Gasteiger partial charge in [0.1, 0.15) is 5.70 Å². The summed E-state index contributed by atoms with van der Waals surface area (Å²) in [5.41, 5.74) is 7.80. The van der Waals surface area contributed by atoms with Crippen LogP contribution in [0.2, 0.25) is 0 Å². The molecule has 1 heterocycles. The van der Waals surface area contributed by atoms with Crippen molar-refractivity contribution in [1.29, 1.82) is 0 Å². The normalized spacial score (nSPS) is 15.2. The maximum Gasteiger partial charge on any atom is 0.273 e. The van der Waals surface area contributed by atoms with E-state index in [0.29, 0.717) is 6.54 Å². The SMILES string of the molecule is NC(=O)C1=C(NO)C(=O)N(Cc2ccccc2)C1. The quantitative estimate of drug-likeness (QED) is 0.639. The molecule has 2 amide bonds. The van der Waals surface area contributed by atoms with Crippen LogP contribution in [-0.2, 0) is 16.1 Å². The molecule has 0 saturated heterocycles. The first-order chi connectivity index (χ1) is 8.63. The van der Waals surface area contributed by atoms with Crippen LogP contribution >= 0.6 is 0 Å². The van der Waals surface area contributed by atoms with E-state index in [1.807, 2.05) is 30.3 Å². The van der Waals surface area contributed by atoms with Gasteiger partial charge in [0.2, 0.25) is 5.91 Å². The van der Waals surface area contributed by atoms with E-state index in [9.17, 15) is 9.59 Å². The van der Waals surface area contributed by atoms with Crippen LogP contribution in [-0.4, -0.2) is 28.5 Å². The summed E-state index contributed by atoms with van der Waals surface area (Å²) in [6.07, 6.45) is 0. The third-order valence-electron chi connectivity index (χ3n) is 2.78. The third-order valence-corrected chi connectivity index (χ3v) is 2.78. The van der Waals surface area contributed by atoms with Crippen molar-refractivity contribution in [3.05, 3.63) is 47.2 Å². The summed E-state index contributed by atoms with van der Waals surface area (Å²) < 4.78 is 0. The molecule has 6 nitrogen and oxygen atoms in total. The number of nitrogens with two attached hydrogens (primary N) is 1. The zero-order valence-electron chi connectivity index (χ0n) is 9.59. The number of hydrogen-bond acceptors (Lipinski definition) is 4. The second-order valence-electron chi connectivity index (χ2n) is 3.98. The van der Waals surface area contributed by atoms with E-state index in [2.05, 4.69) is 0 Å². The molecule has 0 bridgehead atoms. The molecule has 1 aliphatic rings. The number of hydroxylamine groups is 1. The first-order valence-electron chi connectivity index (χ1n) is 5.39. The van der Waals surface area contributed by atoms with E-state index in [1.54, 1.807) is 5.48 Å². The fourth-order valence-corrected chi connectivity index (χ4v) is 1.88. The first-order valence-corrected chi connectivity index (χ1v) is 5.39. The van der Waals surface area contributed by atoms with Gasteiger partial charge >= 0.3 is 0 Å². The van der Waals surface area contributed by atoms with Crippen LogP contribution in [0.15, 0.2) is 41.6 Å². The number of amides is 2. The lowest BCUT2D eigenvalue weighted by Gasteiger charge is -2.16. The molecular formula is C12H13N3O3. The molecule has 0 atom stereocenters. The minimum Gasteiger partial charge on any atom is -0.366 e. The van der Waals surface area contributed by atoms with E-state index in [4.69, 9.17) is 10.9 Å². The number of hydrogen-bond donors (Lipinski definition) is 3. The Morgan fingerprint density at radius 1 is 1.39 bits per heavy atom. The summed E-state index contributed by atoms with van der Waals surface area (Å²) in [5.74, 6) is -1.15. The van der Waals surface area contributed by atoms with Gasteiger partial charge in [-0.15, -0.1) is 0 Å². The molecule has 2 rings (SSSR count). The summed E-state index contributed by atoms with van der Waals surface area (Å²) in [6, 6.07) is 9.36. The molecule has 18 heavy (non-hydrogen) atoms. The number of rotatable bonds is 4. The van der Waals surface area contributed by atoms with Crippen LogP contribution in [0, 0.1) is 0 Å². The van der Waals surface area contributed by atoms with Gasteiger partial charge < -0.3 is 10.6 Å². The van der Waals surface area contributed by atoms with Crippen molar-refractivity contribution in [3.8, 4) is 0 Å². The van der Waals surface area contributed by atoms with Gasteiger partial charge in [-0.1, -0.05) is 30.3 Å². The predicted molar refractivity (Wildman–Crippen MR) is 63.0 cm³/mol. The smallest absolute Gasteiger partial charge is 0.273 e. The molecule has 1 aromatic rings. The molecule has 0 fully saturated rings. The molecule has 0 spiro atoms. The molecule has 0 saturated carbocycles. The largest absolute Gasteiger partial charge is 0.366 e. The molecule has 6 heteroatoms. The highest BCUT2D eigenvalue weighted by Crippen LogP contribution is 2.19. The highest BCUT2D eigenvalue weighted by molar-refractivity contribution is 6.07. The second-order valence-corrected chi connectivity index (χ2v) is 3.98. The maximum absolute atomic E-state index is 11.9. The number of carbonyl (C=O) groups excluding carboxylic acids is 2. The molecule has 94 valence electrons. The lowest BCUT2D eigenvalue weighted by molar-refractivity contribution is -0.127. The summed E-state index contributed by atoms with van der Waals surface area (Å²) in [5, 5.41) is 8.88. The van der Waals surface area contributed by atoms with Gasteiger partial charge in [-0.25, -0.2) is 0 Å². The Morgan fingerprint density at radius 2 is 2.06 bits per heavy atom. The number of benzene rings is 1. The van der Waals surface area contributed by atoms with E-state index in [-0.39, 0.29) is 17.8 Å². The topological polar surface area (TPSA) is 95.7 Å². The Balaban J connectivity index is 2.16. The van der Waals surface area contributed by atoms with Gasteiger partial charge in [0.05, 0.1) is 12.1 Å². The first kappa shape index (κ1) is 12.1. The molecule has 0 radical (unpaired) electrons. The van der Waals surface area contributed by atoms with Crippen molar-refractivity contribution in [1.82, 2.24) is 10.4 Å². The Hall–Kier alpha value is -2.34. The molecule has 0 aliphatic carbocycles. The summed E-state index contributed by atoms with van der Waals surface area (Å²) >= 11 is 0. The van der Waals surface area contributed by atoms with Crippen molar-refractivity contribution in [2.75, 3.05) is 6.54 Å². The standard InChI is InChI=1S/C12H13N3O3/c13-11(16)9-7-15(12(17)10(9)14-18)6-8-4-2-1-3-5-8/h1-5,14,18H,6-7H2,(H2,13,16). The fourth-order valence-electron chi connectivity index (χ4n) is 1.88. The van der Waals surface area contributed by atoms with Crippen LogP contribution in [0.4, 0.5) is 0 Å². The maximum atomic E-state index is 11.9. The molecule has 1 aromatic carbocycles. The van der Waals surface area contributed by atoms with Crippen molar-refractivity contribution in [2.24, 2.45) is 5.73 Å². The van der Waals surface area contributed by atoms with E-state index in [0.717, 1.165) is 5.56 Å². The molecule has 0 unspecified atom stereocenters. The molecule has 4 N–H and O–H groups in total. The summed E-state index contributed by atoms with van der Waals surface area (Å²) in [6.45, 7) is 0.466. The van der Waals surface area contributed by atoms with Crippen molar-refractivity contribution >= 4 is 11.8 Å². The van der Waals surface area contributed by atoms with Crippen molar-refractivity contribution < 1.29 is 14.8 Å². The number of nitrogens with zero attached hydrogens (tertiary/aromatic N) is 1. The van der Waals surface area contributed by atoms with Gasteiger partial charge in [-0.05, 0) is 5.56 Å². The number of primary amides is 1. The zero-order valence-corrected chi connectivity index (χ0v) is 9.59. The van der Waals surface area contributed by atoms with Crippen LogP contribution in [0.25, 0.3) is 0 Å². The highest BCUT2D eigenvalue weighted by atomic mass is 16.5. The number of carbonyl (C=O) groups is 2. The van der Waals surface area contributed by atoms with Crippen molar-refractivity contribution in [2.45, 2.75) is 6.54 Å². The van der Waals surface area contributed by atoms with Gasteiger partial charge in [0.15, 0.2) is 0 Å². The van der Waals surface area contributed by atoms with Gasteiger partial charge in [0.25, 0.3) is 5.91 Å². The highest BCUT2D eigenvalue weighted by Gasteiger charge is 2.32. The second kappa shape index (κ2) is 4.89. The molecule has 1 aliphatic heterocycles. The van der Waals surface area contributed by atoms with Crippen LogP contribution < -0.4 is 11.2 Å². The van der Waals surface area contributed by atoms with Crippen LogP contribution in [0.3, 0.4) is 0 Å². The zero-order chi connectivity index (χ0) is 13.1. The lowest BCUT2D eigenvalue weighted by Crippen LogP contribution is -2.29. The Labute approximate surface area is 104 Å². The minimum absolute atomic E-state index is 0.0958. The van der Waals surface area contributed by atoms with E-state index < -0.39 is 11.8 Å². The average Bonchev–Trinajstić information content (AvgIpc) is 2.68. The summed E-state index contributed by atoms with van der Waals surface area (Å²) in [4.78, 5) is 24.5. The van der Waals surface area contributed by atoms with E-state index >= 15 is 0 Å². The average molecular weight is 247 g/mol. The summed E-state index contributed by atoms with van der Waals surface area (Å²) in [7, 11) is 0. The Kier molecular flexibility index (Phi) is 3.29. The minimum atomic E-state index is -0.713. The van der Waals surface area contributed by atoms with Crippen molar-refractivity contribution in [3.63, 3.8) is 0 Å². The molecule has 0 aromatic heterocycles. The Bertz CT molecular complexity index is 511. The van der Waals surface area contributed by atoms with Gasteiger partial charge in [0, 0.05) is 6.54 Å². The fraction of sp³-hybridized carbons (Fsp3) is 0.167. The Morgan fingerprint density at radius 3 is 2.56 bits per heavy atom. The predicted octanol–water partition coefficient (Wildman–Crippen LogP) is -0.253. The van der Waals surface area contributed by atoms with Gasteiger partial charge in [-0.2, -0.15) is 0 Å². The number of nitrogens with one attached hydrogen (secondary N) is 1. The van der Waals surface area contributed by atoms with Crippen LogP contribution in [0.5, 0.6) is 0 Å². The lowest BCUT2D eigenvalue weighted by atomic mass is 10.2. The third kappa shape index (κ3) is 2.18. The molecular weight excluding hydrogens is 234 g/mol.